The Labute approximate surface area is 116 Å². The highest BCUT2D eigenvalue weighted by atomic mass is 79.9. The standard InChI is InChI=1S/C14H19BrN2O/c1-9(16)13-6-10(15)2-5-14(13)17-7-11-3-4-12(8-17)18-11/h2,5-6,9,11-12H,3-4,7-8,16H2,1H3. The Bertz CT molecular complexity index is 437. The molecule has 2 heterocycles. The topological polar surface area (TPSA) is 38.5 Å². The number of morpholine rings is 1. The van der Waals surface area contributed by atoms with Gasteiger partial charge >= 0.3 is 0 Å². The Morgan fingerprint density at radius 3 is 2.61 bits per heavy atom. The number of anilines is 1. The summed E-state index contributed by atoms with van der Waals surface area (Å²) in [4.78, 5) is 2.44. The van der Waals surface area contributed by atoms with E-state index >= 15 is 0 Å². The molecule has 0 saturated carbocycles. The van der Waals surface area contributed by atoms with Crippen molar-refractivity contribution in [3.63, 3.8) is 0 Å². The summed E-state index contributed by atoms with van der Waals surface area (Å²) in [6.45, 7) is 4.04. The van der Waals surface area contributed by atoms with Crippen molar-refractivity contribution >= 4 is 21.6 Å². The first-order valence-corrected chi connectivity index (χ1v) is 7.38. The molecule has 3 atom stereocenters. The normalized spacial score (nSPS) is 28.5. The largest absolute Gasteiger partial charge is 0.371 e. The molecule has 98 valence electrons. The summed E-state index contributed by atoms with van der Waals surface area (Å²) >= 11 is 3.53. The van der Waals surface area contributed by atoms with E-state index in [2.05, 4.69) is 39.0 Å². The smallest absolute Gasteiger partial charge is 0.0755 e. The molecule has 0 spiro atoms. The van der Waals surface area contributed by atoms with Gasteiger partial charge in [-0.15, -0.1) is 0 Å². The third kappa shape index (κ3) is 2.29. The van der Waals surface area contributed by atoms with Gasteiger partial charge in [-0.3, -0.25) is 0 Å². The quantitative estimate of drug-likeness (QED) is 0.913. The van der Waals surface area contributed by atoms with Gasteiger partial charge in [-0.2, -0.15) is 0 Å². The van der Waals surface area contributed by atoms with E-state index in [1.807, 2.05) is 6.92 Å². The molecule has 0 radical (unpaired) electrons. The SMILES string of the molecule is CC(N)c1cc(Br)ccc1N1CC2CCC(C1)O2. The predicted octanol–water partition coefficient (Wildman–Crippen LogP) is 2.84. The molecule has 3 nitrogen and oxygen atoms in total. The highest BCUT2D eigenvalue weighted by molar-refractivity contribution is 9.10. The Kier molecular flexibility index (Phi) is 3.34. The summed E-state index contributed by atoms with van der Waals surface area (Å²) in [5.41, 5.74) is 8.58. The van der Waals surface area contributed by atoms with E-state index in [-0.39, 0.29) is 6.04 Å². The molecule has 2 N–H and O–H groups in total. The van der Waals surface area contributed by atoms with Crippen molar-refractivity contribution in [2.45, 2.75) is 38.0 Å². The summed E-state index contributed by atoms with van der Waals surface area (Å²) in [5.74, 6) is 0. The number of ether oxygens (including phenoxy) is 1. The van der Waals surface area contributed by atoms with E-state index in [1.54, 1.807) is 0 Å². The maximum absolute atomic E-state index is 6.10. The van der Waals surface area contributed by atoms with E-state index < -0.39 is 0 Å². The summed E-state index contributed by atoms with van der Waals surface area (Å²) < 4.78 is 6.98. The van der Waals surface area contributed by atoms with Crippen molar-refractivity contribution in [1.82, 2.24) is 0 Å². The van der Waals surface area contributed by atoms with Gasteiger partial charge in [-0.05, 0) is 43.5 Å². The fraction of sp³-hybridized carbons (Fsp3) is 0.571. The second-order valence-corrected chi connectivity index (χ2v) is 6.27. The van der Waals surface area contributed by atoms with Crippen molar-refractivity contribution in [3.8, 4) is 0 Å². The molecule has 0 aromatic heterocycles. The van der Waals surface area contributed by atoms with Crippen LogP contribution in [0, 0.1) is 0 Å². The second kappa shape index (κ2) is 4.83. The fourth-order valence-corrected chi connectivity index (χ4v) is 3.37. The van der Waals surface area contributed by atoms with E-state index in [0.29, 0.717) is 12.2 Å². The average Bonchev–Trinajstić information content (AvgIpc) is 2.68. The first-order valence-electron chi connectivity index (χ1n) is 6.59. The van der Waals surface area contributed by atoms with Gasteiger partial charge < -0.3 is 15.4 Å². The van der Waals surface area contributed by atoms with Gasteiger partial charge in [0.05, 0.1) is 12.2 Å². The second-order valence-electron chi connectivity index (χ2n) is 5.35. The lowest BCUT2D eigenvalue weighted by molar-refractivity contribution is 0.0304. The van der Waals surface area contributed by atoms with Crippen molar-refractivity contribution in [3.05, 3.63) is 28.2 Å². The number of halogens is 1. The van der Waals surface area contributed by atoms with Crippen LogP contribution < -0.4 is 10.6 Å². The van der Waals surface area contributed by atoms with E-state index in [9.17, 15) is 0 Å². The van der Waals surface area contributed by atoms with Gasteiger partial charge in [0.25, 0.3) is 0 Å². The molecule has 2 aliphatic rings. The summed E-state index contributed by atoms with van der Waals surface area (Å²) in [7, 11) is 0. The van der Waals surface area contributed by atoms with Gasteiger partial charge in [0.1, 0.15) is 0 Å². The van der Waals surface area contributed by atoms with Crippen molar-refractivity contribution in [2.75, 3.05) is 18.0 Å². The Balaban J connectivity index is 1.91. The number of fused-ring (bicyclic) bond motifs is 2. The molecule has 1 aromatic carbocycles. The maximum atomic E-state index is 6.10. The molecule has 4 heteroatoms. The highest BCUT2D eigenvalue weighted by Crippen LogP contribution is 2.34. The molecule has 18 heavy (non-hydrogen) atoms. The van der Waals surface area contributed by atoms with Gasteiger partial charge in [0.2, 0.25) is 0 Å². The Morgan fingerprint density at radius 1 is 1.33 bits per heavy atom. The molecule has 2 saturated heterocycles. The molecular formula is C14H19BrN2O. The number of nitrogens with zero attached hydrogens (tertiary/aromatic N) is 1. The first kappa shape index (κ1) is 12.5. The van der Waals surface area contributed by atoms with Gasteiger partial charge in [0, 0.05) is 29.3 Å². The summed E-state index contributed by atoms with van der Waals surface area (Å²) in [6.07, 6.45) is 3.22. The lowest BCUT2D eigenvalue weighted by Gasteiger charge is -2.35. The van der Waals surface area contributed by atoms with Gasteiger partial charge in [-0.1, -0.05) is 15.9 Å². The van der Waals surface area contributed by atoms with Gasteiger partial charge in [0.15, 0.2) is 0 Å². The lowest BCUT2D eigenvalue weighted by Crippen LogP contribution is -2.43. The molecule has 0 aliphatic carbocycles. The highest BCUT2D eigenvalue weighted by Gasteiger charge is 2.34. The zero-order chi connectivity index (χ0) is 12.7. The van der Waals surface area contributed by atoms with Crippen LogP contribution in [-0.2, 0) is 4.74 Å². The minimum absolute atomic E-state index is 0.0537. The molecule has 2 fully saturated rings. The average molecular weight is 311 g/mol. The number of nitrogens with two attached hydrogens (primary N) is 1. The third-order valence-corrected chi connectivity index (χ3v) is 4.36. The Hall–Kier alpha value is -0.580. The van der Waals surface area contributed by atoms with Crippen LogP contribution >= 0.6 is 15.9 Å². The predicted molar refractivity (Wildman–Crippen MR) is 76.9 cm³/mol. The van der Waals surface area contributed by atoms with E-state index in [4.69, 9.17) is 10.5 Å². The van der Waals surface area contributed by atoms with Gasteiger partial charge in [-0.25, -0.2) is 0 Å². The molecule has 2 bridgehead atoms. The monoisotopic (exact) mass is 310 g/mol. The number of hydrogen-bond acceptors (Lipinski definition) is 3. The molecule has 1 aromatic rings. The van der Waals surface area contributed by atoms with Crippen LogP contribution in [0.15, 0.2) is 22.7 Å². The minimum Gasteiger partial charge on any atom is -0.371 e. The number of rotatable bonds is 2. The summed E-state index contributed by atoms with van der Waals surface area (Å²) in [5, 5.41) is 0. The molecular weight excluding hydrogens is 292 g/mol. The van der Waals surface area contributed by atoms with Crippen LogP contribution in [0.4, 0.5) is 5.69 Å². The lowest BCUT2D eigenvalue weighted by atomic mass is 10.1. The Morgan fingerprint density at radius 2 is 2.00 bits per heavy atom. The molecule has 0 amide bonds. The maximum Gasteiger partial charge on any atom is 0.0755 e. The van der Waals surface area contributed by atoms with Crippen LogP contribution in [0.1, 0.15) is 31.4 Å². The van der Waals surface area contributed by atoms with Crippen LogP contribution in [0.5, 0.6) is 0 Å². The van der Waals surface area contributed by atoms with Crippen molar-refractivity contribution in [1.29, 1.82) is 0 Å². The molecule has 3 unspecified atom stereocenters. The molecule has 2 aliphatic heterocycles. The van der Waals surface area contributed by atoms with E-state index in [0.717, 1.165) is 17.6 Å². The van der Waals surface area contributed by atoms with Crippen molar-refractivity contribution in [2.24, 2.45) is 5.73 Å². The van der Waals surface area contributed by atoms with E-state index in [1.165, 1.54) is 24.1 Å². The first-order chi connectivity index (χ1) is 8.63. The van der Waals surface area contributed by atoms with Crippen LogP contribution in [0.2, 0.25) is 0 Å². The minimum atomic E-state index is 0.0537. The van der Waals surface area contributed by atoms with Crippen LogP contribution in [0.3, 0.4) is 0 Å². The zero-order valence-corrected chi connectivity index (χ0v) is 12.2. The van der Waals surface area contributed by atoms with Crippen LogP contribution in [-0.4, -0.2) is 25.3 Å². The number of benzene rings is 1. The third-order valence-electron chi connectivity index (χ3n) is 3.86. The zero-order valence-electron chi connectivity index (χ0n) is 10.6. The number of hydrogen-bond donors (Lipinski definition) is 1. The molecule has 3 rings (SSSR count). The fourth-order valence-electron chi connectivity index (χ4n) is 2.99. The summed E-state index contributed by atoms with van der Waals surface area (Å²) in [6, 6.07) is 6.46. The van der Waals surface area contributed by atoms with Crippen LogP contribution in [0.25, 0.3) is 0 Å². The van der Waals surface area contributed by atoms with Crippen molar-refractivity contribution < 1.29 is 4.74 Å².